The second-order valence-electron chi connectivity index (χ2n) is 11.7. The van der Waals surface area contributed by atoms with Gasteiger partial charge in [-0.2, -0.15) is 0 Å². The SMILES string of the molecule is CNC(C(=O)N[C@H](C(=O)N(C)[C@H](/C=C(\C)C(=O)O)C(C)C)C(C)(C)C)C(C)(C)c1csc2ccccc12. The van der Waals surface area contributed by atoms with Crippen molar-refractivity contribution >= 4 is 39.2 Å². The molecule has 1 aromatic carbocycles. The minimum atomic E-state index is -1.02. The molecule has 8 heteroatoms. The summed E-state index contributed by atoms with van der Waals surface area (Å²) < 4.78 is 1.16. The van der Waals surface area contributed by atoms with E-state index in [0.29, 0.717) is 0 Å². The number of hydrogen-bond acceptors (Lipinski definition) is 5. The third kappa shape index (κ3) is 6.79. The van der Waals surface area contributed by atoms with Gasteiger partial charge < -0.3 is 20.6 Å². The van der Waals surface area contributed by atoms with Crippen LogP contribution >= 0.6 is 11.3 Å². The molecule has 37 heavy (non-hydrogen) atoms. The number of nitrogens with one attached hydrogen (secondary N) is 2. The lowest BCUT2D eigenvalue weighted by Crippen LogP contribution is -2.61. The number of amides is 2. The topological polar surface area (TPSA) is 98.7 Å². The maximum atomic E-state index is 13.8. The molecule has 7 nitrogen and oxygen atoms in total. The van der Waals surface area contributed by atoms with Gasteiger partial charge in [-0.25, -0.2) is 4.79 Å². The Morgan fingerprint density at radius 3 is 2.16 bits per heavy atom. The number of likely N-dealkylation sites (N-methyl/N-ethyl adjacent to an activating group) is 2. The second-order valence-corrected chi connectivity index (χ2v) is 12.6. The molecule has 0 saturated carbocycles. The molecule has 2 aromatic rings. The molecule has 0 aliphatic heterocycles. The summed E-state index contributed by atoms with van der Waals surface area (Å²) in [4.78, 5) is 40.6. The van der Waals surface area contributed by atoms with Crippen molar-refractivity contribution in [3.63, 3.8) is 0 Å². The Morgan fingerprint density at radius 2 is 1.65 bits per heavy atom. The first kappa shape index (κ1) is 30.5. The van der Waals surface area contributed by atoms with Gasteiger partial charge >= 0.3 is 5.97 Å². The first-order chi connectivity index (χ1) is 17.0. The van der Waals surface area contributed by atoms with E-state index >= 15 is 0 Å². The van der Waals surface area contributed by atoms with Gasteiger partial charge in [0, 0.05) is 22.7 Å². The number of carbonyl (C=O) groups is 3. The summed E-state index contributed by atoms with van der Waals surface area (Å²) in [5.41, 5.74) is 0.116. The average molecular weight is 530 g/mol. The number of benzene rings is 1. The van der Waals surface area contributed by atoms with Crippen LogP contribution in [0.5, 0.6) is 0 Å². The van der Waals surface area contributed by atoms with E-state index in [0.717, 1.165) is 15.6 Å². The Morgan fingerprint density at radius 1 is 1.05 bits per heavy atom. The number of hydrogen-bond donors (Lipinski definition) is 3. The predicted molar refractivity (Wildman–Crippen MR) is 152 cm³/mol. The van der Waals surface area contributed by atoms with Crippen LogP contribution < -0.4 is 10.6 Å². The molecule has 3 atom stereocenters. The molecule has 1 unspecified atom stereocenters. The second kappa shape index (κ2) is 11.8. The number of thiophene rings is 1. The summed E-state index contributed by atoms with van der Waals surface area (Å²) in [5.74, 6) is -1.56. The largest absolute Gasteiger partial charge is 0.478 e. The molecular formula is C29H43N3O4S. The van der Waals surface area contributed by atoms with Crippen molar-refractivity contribution in [2.45, 2.75) is 78.9 Å². The molecule has 0 saturated heterocycles. The van der Waals surface area contributed by atoms with Crippen LogP contribution in [0.15, 0.2) is 41.3 Å². The summed E-state index contributed by atoms with van der Waals surface area (Å²) >= 11 is 1.65. The number of rotatable bonds is 10. The summed E-state index contributed by atoms with van der Waals surface area (Å²) in [7, 11) is 3.43. The monoisotopic (exact) mass is 529 g/mol. The maximum absolute atomic E-state index is 13.8. The van der Waals surface area contributed by atoms with Crippen LogP contribution in [0.25, 0.3) is 10.1 Å². The quantitative estimate of drug-likeness (QED) is 0.384. The van der Waals surface area contributed by atoms with Crippen molar-refractivity contribution < 1.29 is 19.5 Å². The number of fused-ring (bicyclic) bond motifs is 1. The molecule has 0 aliphatic rings. The minimum Gasteiger partial charge on any atom is -0.478 e. The molecule has 0 spiro atoms. The number of carbonyl (C=O) groups excluding carboxylic acids is 2. The third-order valence-electron chi connectivity index (χ3n) is 7.08. The Bertz CT molecular complexity index is 1160. The molecule has 0 bridgehead atoms. The van der Waals surface area contributed by atoms with Crippen molar-refractivity contribution in [2.24, 2.45) is 11.3 Å². The highest BCUT2D eigenvalue weighted by Crippen LogP contribution is 2.37. The van der Waals surface area contributed by atoms with Crippen LogP contribution in [0.4, 0.5) is 0 Å². The van der Waals surface area contributed by atoms with Gasteiger partial charge in [-0.1, -0.05) is 72.7 Å². The number of carboxylic acids is 1. The predicted octanol–water partition coefficient (Wildman–Crippen LogP) is 4.81. The zero-order valence-electron chi connectivity index (χ0n) is 23.8. The van der Waals surface area contributed by atoms with Gasteiger partial charge in [0.2, 0.25) is 11.8 Å². The Hall–Kier alpha value is -2.71. The van der Waals surface area contributed by atoms with E-state index in [1.54, 1.807) is 36.4 Å². The fourth-order valence-corrected chi connectivity index (χ4v) is 5.89. The molecular weight excluding hydrogens is 486 g/mol. The first-order valence-corrected chi connectivity index (χ1v) is 13.5. The lowest BCUT2D eigenvalue weighted by atomic mass is 9.76. The lowest BCUT2D eigenvalue weighted by Gasteiger charge is -2.39. The summed E-state index contributed by atoms with van der Waals surface area (Å²) in [5, 5.41) is 18.8. The number of aliphatic carboxylic acids is 1. The van der Waals surface area contributed by atoms with Crippen molar-refractivity contribution in [1.29, 1.82) is 0 Å². The highest BCUT2D eigenvalue weighted by Gasteiger charge is 2.42. The molecule has 1 heterocycles. The smallest absolute Gasteiger partial charge is 0.331 e. The van der Waals surface area contributed by atoms with Crippen LogP contribution in [-0.4, -0.2) is 60.0 Å². The number of nitrogens with zero attached hydrogens (tertiary/aromatic N) is 1. The van der Waals surface area contributed by atoms with E-state index < -0.39 is 34.9 Å². The highest BCUT2D eigenvalue weighted by molar-refractivity contribution is 7.17. The average Bonchev–Trinajstić information content (AvgIpc) is 3.24. The maximum Gasteiger partial charge on any atom is 0.331 e. The van der Waals surface area contributed by atoms with E-state index in [9.17, 15) is 19.5 Å². The van der Waals surface area contributed by atoms with Gasteiger partial charge in [-0.05, 0) is 47.7 Å². The molecule has 204 valence electrons. The molecule has 2 amide bonds. The molecule has 0 aliphatic carbocycles. The summed E-state index contributed by atoms with van der Waals surface area (Å²) in [6, 6.07) is 6.31. The van der Waals surface area contributed by atoms with Crippen molar-refractivity contribution in [3.8, 4) is 0 Å². The number of carboxylic acid groups (broad SMARTS) is 1. The van der Waals surface area contributed by atoms with Gasteiger partial charge in [-0.3, -0.25) is 9.59 Å². The summed E-state index contributed by atoms with van der Waals surface area (Å²) in [6.45, 7) is 15.2. The standard InChI is InChI=1S/C29H43N3O4S/c1-17(2)21(15-18(3)27(35)36)32(10)26(34)24(28(4,5)6)31-25(33)23(30-9)29(7,8)20-16-37-22-14-12-11-13-19(20)22/h11-17,21,23-24,30H,1-10H3,(H,31,33)(H,35,36)/b18-15+/t21-,23?,24-/m1/s1. The third-order valence-corrected chi connectivity index (χ3v) is 8.05. The van der Waals surface area contributed by atoms with Gasteiger partial charge in [0.25, 0.3) is 0 Å². The van der Waals surface area contributed by atoms with Crippen LogP contribution in [0.2, 0.25) is 0 Å². The van der Waals surface area contributed by atoms with Crippen LogP contribution in [0.1, 0.15) is 61.0 Å². The zero-order valence-corrected chi connectivity index (χ0v) is 24.6. The van der Waals surface area contributed by atoms with Gasteiger partial charge in [0.05, 0.1) is 12.1 Å². The molecule has 3 N–H and O–H groups in total. The Labute approximate surface area is 225 Å². The van der Waals surface area contributed by atoms with E-state index in [-0.39, 0.29) is 23.3 Å². The fraction of sp³-hybridized carbons (Fsp3) is 0.552. The highest BCUT2D eigenvalue weighted by atomic mass is 32.1. The van der Waals surface area contributed by atoms with Crippen molar-refractivity contribution in [1.82, 2.24) is 15.5 Å². The van der Waals surface area contributed by atoms with Crippen LogP contribution in [0.3, 0.4) is 0 Å². The van der Waals surface area contributed by atoms with E-state index in [1.165, 1.54) is 6.92 Å². The summed E-state index contributed by atoms with van der Waals surface area (Å²) in [6.07, 6.45) is 1.60. The van der Waals surface area contributed by atoms with Crippen LogP contribution in [0, 0.1) is 11.3 Å². The van der Waals surface area contributed by atoms with E-state index in [4.69, 9.17) is 0 Å². The first-order valence-electron chi connectivity index (χ1n) is 12.7. The van der Waals surface area contributed by atoms with E-state index in [2.05, 4.69) is 28.1 Å². The fourth-order valence-electron chi connectivity index (χ4n) is 4.76. The zero-order chi connectivity index (χ0) is 28.3. The van der Waals surface area contributed by atoms with Gasteiger partial charge in [0.15, 0.2) is 0 Å². The van der Waals surface area contributed by atoms with Gasteiger partial charge in [-0.15, -0.1) is 11.3 Å². The molecule has 1 aromatic heterocycles. The van der Waals surface area contributed by atoms with Crippen LogP contribution in [-0.2, 0) is 19.8 Å². The normalized spacial score (nSPS) is 15.4. The van der Waals surface area contributed by atoms with Crippen molar-refractivity contribution in [2.75, 3.05) is 14.1 Å². The Kier molecular flexibility index (Phi) is 9.71. The van der Waals surface area contributed by atoms with Crippen molar-refractivity contribution in [3.05, 3.63) is 46.9 Å². The molecule has 2 rings (SSSR count). The van der Waals surface area contributed by atoms with Gasteiger partial charge in [0.1, 0.15) is 6.04 Å². The van der Waals surface area contributed by atoms with E-state index in [1.807, 2.05) is 60.6 Å². The molecule has 0 radical (unpaired) electrons. The minimum absolute atomic E-state index is 0.0181. The molecule has 0 fully saturated rings. The Balaban J connectivity index is 2.40. The lowest BCUT2D eigenvalue weighted by molar-refractivity contribution is -0.141.